The van der Waals surface area contributed by atoms with Gasteiger partial charge in [-0.25, -0.2) is 4.79 Å². The van der Waals surface area contributed by atoms with Gasteiger partial charge in [-0.1, -0.05) is 38.3 Å². The largest absolute Gasteiger partial charge is 0.482 e. The van der Waals surface area contributed by atoms with Crippen molar-refractivity contribution in [3.63, 3.8) is 0 Å². The summed E-state index contributed by atoms with van der Waals surface area (Å²) in [6.07, 6.45) is 12.9. The lowest BCUT2D eigenvalue weighted by Gasteiger charge is -2.32. The van der Waals surface area contributed by atoms with Gasteiger partial charge in [0.15, 0.2) is 6.61 Å². The van der Waals surface area contributed by atoms with Gasteiger partial charge < -0.3 is 19.7 Å². The van der Waals surface area contributed by atoms with Gasteiger partial charge in [-0.05, 0) is 111 Å². The lowest BCUT2D eigenvalue weighted by molar-refractivity contribution is -0.153. The molecule has 0 aliphatic heterocycles. The SMILES string of the molecule is CCCCC[C@@H](O)CC[C@@H]1[C@H]2Cc3cccc(OCC(=O)O[C@@H]4C[C@@H]5CC[C@H]4C5)c3C[C@H]2C[C@H]1O. The number of carbonyl (C=O) groups excluding carboxylic acids is 1. The van der Waals surface area contributed by atoms with Crippen molar-refractivity contribution < 1.29 is 24.5 Å². The molecule has 4 aliphatic carbocycles. The molecular weight excluding hydrogens is 440 g/mol. The van der Waals surface area contributed by atoms with E-state index in [1.807, 2.05) is 12.1 Å². The van der Waals surface area contributed by atoms with Crippen LogP contribution in [0.25, 0.3) is 0 Å². The minimum absolute atomic E-state index is 0.0282. The Morgan fingerprint density at radius 2 is 1.97 bits per heavy atom. The fourth-order valence-corrected chi connectivity index (χ4v) is 7.77. The fraction of sp³-hybridized carbons (Fsp3) is 0.767. The summed E-state index contributed by atoms with van der Waals surface area (Å²) in [7, 11) is 0. The van der Waals surface area contributed by atoms with Crippen molar-refractivity contribution in [3.05, 3.63) is 29.3 Å². The topological polar surface area (TPSA) is 76.0 Å². The molecule has 2 bridgehead atoms. The number of hydrogen-bond acceptors (Lipinski definition) is 5. The van der Waals surface area contributed by atoms with Crippen molar-refractivity contribution in [2.24, 2.45) is 29.6 Å². The quantitative estimate of drug-likeness (QED) is 0.332. The summed E-state index contributed by atoms with van der Waals surface area (Å²) >= 11 is 0. The minimum Gasteiger partial charge on any atom is -0.482 e. The Balaban J connectivity index is 1.15. The first-order valence-corrected chi connectivity index (χ1v) is 14.3. The molecule has 1 aromatic rings. The fourth-order valence-electron chi connectivity index (χ4n) is 7.77. The average molecular weight is 485 g/mol. The van der Waals surface area contributed by atoms with Crippen molar-refractivity contribution in [2.75, 3.05) is 6.61 Å². The van der Waals surface area contributed by atoms with Crippen LogP contribution in [0.3, 0.4) is 0 Å². The molecule has 4 aliphatic rings. The van der Waals surface area contributed by atoms with E-state index in [4.69, 9.17) is 9.47 Å². The highest BCUT2D eigenvalue weighted by atomic mass is 16.6. The maximum absolute atomic E-state index is 12.5. The standard InChI is InChI=1S/C30H44O5/c1-2-3-4-7-23(31)11-12-24-25-15-20-6-5-8-28(26(20)16-22(25)17-27(24)32)34-18-30(33)35-29-14-19-9-10-21(29)13-19/h5-6,8,19,21-25,27,29,31-32H,2-4,7,9-18H2,1H3/t19-,21+,22+,23-,24-,25+,27-,29-/m1/s1. The number of esters is 1. The third-order valence-electron chi connectivity index (χ3n) is 9.62. The van der Waals surface area contributed by atoms with Gasteiger partial charge in [-0.3, -0.25) is 0 Å². The summed E-state index contributed by atoms with van der Waals surface area (Å²) in [6, 6.07) is 6.17. The predicted molar refractivity (Wildman–Crippen MR) is 135 cm³/mol. The van der Waals surface area contributed by atoms with Crippen molar-refractivity contribution >= 4 is 5.97 Å². The third kappa shape index (κ3) is 5.72. The first-order chi connectivity index (χ1) is 17.0. The van der Waals surface area contributed by atoms with E-state index in [0.717, 1.165) is 63.0 Å². The summed E-state index contributed by atoms with van der Waals surface area (Å²) in [4.78, 5) is 12.5. The highest BCUT2D eigenvalue weighted by Gasteiger charge is 2.45. The molecule has 3 fully saturated rings. The molecule has 5 rings (SSSR count). The van der Waals surface area contributed by atoms with Crippen LogP contribution in [0.4, 0.5) is 0 Å². The number of carbonyl (C=O) groups is 1. The molecule has 5 heteroatoms. The maximum Gasteiger partial charge on any atom is 0.344 e. The Labute approximate surface area is 210 Å². The molecule has 3 saturated carbocycles. The van der Waals surface area contributed by atoms with Crippen molar-refractivity contribution in [1.82, 2.24) is 0 Å². The van der Waals surface area contributed by atoms with Crippen molar-refractivity contribution in [1.29, 1.82) is 0 Å². The zero-order valence-corrected chi connectivity index (χ0v) is 21.4. The molecule has 2 N–H and O–H groups in total. The van der Waals surface area contributed by atoms with Gasteiger partial charge in [0, 0.05) is 0 Å². The molecule has 35 heavy (non-hydrogen) atoms. The van der Waals surface area contributed by atoms with Crippen LogP contribution in [-0.4, -0.2) is 41.1 Å². The minimum atomic E-state index is -0.289. The Kier molecular flexibility index (Phi) is 8.03. The molecular formula is C30H44O5. The van der Waals surface area contributed by atoms with E-state index in [1.54, 1.807) is 0 Å². The van der Waals surface area contributed by atoms with Crippen LogP contribution < -0.4 is 4.74 Å². The lowest BCUT2D eigenvalue weighted by atomic mass is 9.73. The number of benzene rings is 1. The molecule has 0 spiro atoms. The molecule has 1 aromatic carbocycles. The number of ether oxygens (including phenoxy) is 2. The van der Waals surface area contributed by atoms with Gasteiger partial charge in [0.2, 0.25) is 0 Å². The van der Waals surface area contributed by atoms with Gasteiger partial charge >= 0.3 is 5.97 Å². The van der Waals surface area contributed by atoms with E-state index >= 15 is 0 Å². The normalized spacial score (nSPS) is 33.9. The Hall–Kier alpha value is -1.59. The van der Waals surface area contributed by atoms with Crippen LogP contribution in [0.1, 0.15) is 88.7 Å². The van der Waals surface area contributed by atoms with Crippen LogP contribution >= 0.6 is 0 Å². The first kappa shape index (κ1) is 25.1. The number of fused-ring (bicyclic) bond motifs is 4. The van der Waals surface area contributed by atoms with Gasteiger partial charge in [0.25, 0.3) is 0 Å². The van der Waals surface area contributed by atoms with Gasteiger partial charge in [-0.15, -0.1) is 0 Å². The van der Waals surface area contributed by atoms with Crippen molar-refractivity contribution in [3.8, 4) is 5.75 Å². The molecule has 0 heterocycles. The van der Waals surface area contributed by atoms with E-state index in [2.05, 4.69) is 13.0 Å². The summed E-state index contributed by atoms with van der Waals surface area (Å²) in [5.41, 5.74) is 2.49. The second-order valence-electron chi connectivity index (χ2n) is 11.9. The number of rotatable bonds is 11. The average Bonchev–Trinajstić information content (AvgIpc) is 3.54. The monoisotopic (exact) mass is 484 g/mol. The number of hydrogen-bond donors (Lipinski definition) is 2. The zero-order valence-electron chi connectivity index (χ0n) is 21.4. The highest BCUT2D eigenvalue weighted by molar-refractivity contribution is 5.71. The summed E-state index contributed by atoms with van der Waals surface area (Å²) < 4.78 is 11.8. The Morgan fingerprint density at radius 1 is 1.09 bits per heavy atom. The first-order valence-electron chi connectivity index (χ1n) is 14.3. The smallest absolute Gasteiger partial charge is 0.344 e. The van der Waals surface area contributed by atoms with Crippen LogP contribution in [0, 0.1) is 29.6 Å². The van der Waals surface area contributed by atoms with Gasteiger partial charge in [-0.2, -0.15) is 0 Å². The second-order valence-corrected chi connectivity index (χ2v) is 11.9. The molecule has 0 unspecified atom stereocenters. The Bertz CT molecular complexity index is 868. The van der Waals surface area contributed by atoms with Crippen LogP contribution in [0.15, 0.2) is 18.2 Å². The number of unbranched alkanes of at least 4 members (excludes halogenated alkanes) is 2. The summed E-state index contributed by atoms with van der Waals surface area (Å²) in [5, 5.41) is 21.3. The number of aliphatic hydroxyl groups excluding tert-OH is 2. The van der Waals surface area contributed by atoms with Crippen LogP contribution in [0.2, 0.25) is 0 Å². The van der Waals surface area contributed by atoms with Gasteiger partial charge in [0.1, 0.15) is 11.9 Å². The predicted octanol–water partition coefficient (Wildman–Crippen LogP) is 5.23. The summed E-state index contributed by atoms with van der Waals surface area (Å²) in [6.45, 7) is 2.16. The molecule has 0 amide bonds. The van der Waals surface area contributed by atoms with Crippen LogP contribution in [0.5, 0.6) is 5.75 Å². The molecule has 0 aromatic heterocycles. The van der Waals surface area contributed by atoms with E-state index in [-0.39, 0.29) is 36.8 Å². The van der Waals surface area contributed by atoms with Crippen LogP contribution in [-0.2, 0) is 22.4 Å². The van der Waals surface area contributed by atoms with Gasteiger partial charge in [0.05, 0.1) is 12.2 Å². The Morgan fingerprint density at radius 3 is 2.74 bits per heavy atom. The van der Waals surface area contributed by atoms with E-state index in [1.165, 1.54) is 43.2 Å². The number of aliphatic hydroxyl groups is 2. The second kappa shape index (κ2) is 11.2. The van der Waals surface area contributed by atoms with E-state index < -0.39 is 0 Å². The third-order valence-corrected chi connectivity index (χ3v) is 9.62. The lowest BCUT2D eigenvalue weighted by Crippen LogP contribution is -2.29. The molecule has 5 nitrogen and oxygen atoms in total. The molecule has 0 saturated heterocycles. The molecule has 0 radical (unpaired) electrons. The molecule has 8 atom stereocenters. The van der Waals surface area contributed by atoms with Crippen molar-refractivity contribution in [2.45, 2.75) is 109 Å². The summed E-state index contributed by atoms with van der Waals surface area (Å²) in [5.74, 6) is 3.02. The van der Waals surface area contributed by atoms with E-state index in [9.17, 15) is 15.0 Å². The van der Waals surface area contributed by atoms with E-state index in [0.29, 0.717) is 17.8 Å². The molecule has 194 valence electrons. The maximum atomic E-state index is 12.5. The zero-order chi connectivity index (χ0) is 24.4. The highest BCUT2D eigenvalue weighted by Crippen LogP contribution is 2.49.